The number of phenols is 1. The lowest BCUT2D eigenvalue weighted by molar-refractivity contribution is 0.298. The van der Waals surface area contributed by atoms with Gasteiger partial charge in [0, 0.05) is 11.6 Å². The summed E-state index contributed by atoms with van der Waals surface area (Å²) in [7, 11) is 0. The Labute approximate surface area is 122 Å². The number of phenolic OH excluding ortho intramolecular Hbond substituents is 1. The fourth-order valence-electron chi connectivity index (χ4n) is 1.94. The molecular weight excluding hydrogens is 279 g/mol. The predicted octanol–water partition coefficient (Wildman–Crippen LogP) is 4.72. The van der Waals surface area contributed by atoms with E-state index in [1.54, 1.807) is 24.3 Å². The monoisotopic (exact) mass is 294 g/mol. The van der Waals surface area contributed by atoms with Crippen LogP contribution in [0.2, 0.25) is 5.02 Å². The number of hydrogen-bond donors (Lipinski definition) is 1. The molecule has 0 radical (unpaired) electrons. The third kappa shape index (κ3) is 3.42. The van der Waals surface area contributed by atoms with Crippen LogP contribution in [0.5, 0.6) is 11.5 Å². The fraction of sp³-hybridized carbons (Fsp3) is 0.250. The number of rotatable bonds is 5. The van der Waals surface area contributed by atoms with Crippen LogP contribution in [0.4, 0.5) is 4.39 Å². The highest BCUT2D eigenvalue weighted by molar-refractivity contribution is 6.31. The SMILES string of the molecule is CCCc1ccc(OCc2c(F)cccc2Cl)cc1O. The summed E-state index contributed by atoms with van der Waals surface area (Å²) in [5.74, 6) is 0.287. The Hall–Kier alpha value is -1.74. The van der Waals surface area contributed by atoms with Gasteiger partial charge in [0.05, 0.1) is 5.02 Å². The van der Waals surface area contributed by atoms with Crippen molar-refractivity contribution < 1.29 is 14.2 Å². The number of halogens is 2. The van der Waals surface area contributed by atoms with E-state index < -0.39 is 5.82 Å². The standard InChI is InChI=1S/C16H16ClFO2/c1-2-4-11-7-8-12(9-16(11)19)20-10-13-14(17)5-3-6-15(13)18/h3,5-9,19H,2,4,10H2,1H3. The van der Waals surface area contributed by atoms with E-state index in [1.807, 2.05) is 13.0 Å². The molecule has 2 aromatic rings. The average Bonchev–Trinajstić information content (AvgIpc) is 2.41. The molecule has 4 heteroatoms. The molecule has 2 aromatic carbocycles. The van der Waals surface area contributed by atoms with E-state index in [4.69, 9.17) is 16.3 Å². The van der Waals surface area contributed by atoms with Crippen LogP contribution in [-0.4, -0.2) is 5.11 Å². The van der Waals surface area contributed by atoms with Crippen molar-refractivity contribution in [3.63, 3.8) is 0 Å². The lowest BCUT2D eigenvalue weighted by Crippen LogP contribution is -1.99. The van der Waals surface area contributed by atoms with Crippen molar-refractivity contribution in [3.8, 4) is 11.5 Å². The van der Waals surface area contributed by atoms with Crippen LogP contribution in [0.15, 0.2) is 36.4 Å². The number of aromatic hydroxyl groups is 1. The van der Waals surface area contributed by atoms with E-state index in [0.29, 0.717) is 16.3 Å². The van der Waals surface area contributed by atoms with Crippen molar-refractivity contribution in [2.45, 2.75) is 26.4 Å². The number of aryl methyl sites for hydroxylation is 1. The third-order valence-electron chi connectivity index (χ3n) is 3.02. The Morgan fingerprint density at radius 2 is 2.05 bits per heavy atom. The minimum atomic E-state index is -0.399. The molecule has 0 aliphatic heterocycles. The van der Waals surface area contributed by atoms with Gasteiger partial charge in [0.1, 0.15) is 23.9 Å². The van der Waals surface area contributed by atoms with Gasteiger partial charge in [-0.25, -0.2) is 4.39 Å². The van der Waals surface area contributed by atoms with Crippen LogP contribution in [0.3, 0.4) is 0 Å². The van der Waals surface area contributed by atoms with Gasteiger partial charge in [-0.2, -0.15) is 0 Å². The minimum Gasteiger partial charge on any atom is -0.508 e. The first-order valence-electron chi connectivity index (χ1n) is 6.49. The summed E-state index contributed by atoms with van der Waals surface area (Å²) < 4.78 is 19.1. The zero-order valence-corrected chi connectivity index (χ0v) is 12.0. The van der Waals surface area contributed by atoms with Gasteiger partial charge in [-0.3, -0.25) is 0 Å². The van der Waals surface area contributed by atoms with Crippen molar-refractivity contribution >= 4 is 11.6 Å². The number of benzene rings is 2. The molecule has 0 amide bonds. The van der Waals surface area contributed by atoms with E-state index >= 15 is 0 Å². The maximum absolute atomic E-state index is 13.6. The summed E-state index contributed by atoms with van der Waals surface area (Å²) in [4.78, 5) is 0. The second-order valence-electron chi connectivity index (χ2n) is 4.53. The summed E-state index contributed by atoms with van der Waals surface area (Å²) in [5, 5.41) is 10.2. The molecule has 0 fully saturated rings. The molecule has 0 unspecified atom stereocenters. The smallest absolute Gasteiger partial charge is 0.131 e. The summed E-state index contributed by atoms with van der Waals surface area (Å²) in [6, 6.07) is 9.63. The molecule has 0 aliphatic carbocycles. The predicted molar refractivity (Wildman–Crippen MR) is 77.8 cm³/mol. The highest BCUT2D eigenvalue weighted by Gasteiger charge is 2.08. The van der Waals surface area contributed by atoms with Crippen LogP contribution < -0.4 is 4.74 Å². The van der Waals surface area contributed by atoms with Gasteiger partial charge in [-0.15, -0.1) is 0 Å². The molecule has 1 N–H and O–H groups in total. The van der Waals surface area contributed by atoms with Gasteiger partial charge in [-0.05, 0) is 30.2 Å². The lowest BCUT2D eigenvalue weighted by Gasteiger charge is -2.10. The van der Waals surface area contributed by atoms with Gasteiger partial charge in [0.15, 0.2) is 0 Å². The summed E-state index contributed by atoms with van der Waals surface area (Å²) in [5.41, 5.74) is 1.19. The molecule has 106 valence electrons. The molecular formula is C16H16ClFO2. The van der Waals surface area contributed by atoms with Gasteiger partial charge < -0.3 is 9.84 Å². The van der Waals surface area contributed by atoms with Crippen molar-refractivity contribution in [3.05, 3.63) is 58.4 Å². The third-order valence-corrected chi connectivity index (χ3v) is 3.38. The Balaban J connectivity index is 2.09. The first-order chi connectivity index (χ1) is 9.61. The summed E-state index contributed by atoms with van der Waals surface area (Å²) >= 11 is 5.92. The average molecular weight is 295 g/mol. The Morgan fingerprint density at radius 1 is 1.25 bits per heavy atom. The minimum absolute atomic E-state index is 0.0259. The Morgan fingerprint density at radius 3 is 2.70 bits per heavy atom. The van der Waals surface area contributed by atoms with Gasteiger partial charge in [0.25, 0.3) is 0 Å². The topological polar surface area (TPSA) is 29.5 Å². The highest BCUT2D eigenvalue weighted by Crippen LogP contribution is 2.26. The van der Waals surface area contributed by atoms with Crippen molar-refractivity contribution in [2.75, 3.05) is 0 Å². The first-order valence-corrected chi connectivity index (χ1v) is 6.87. The van der Waals surface area contributed by atoms with E-state index in [0.717, 1.165) is 18.4 Å². The number of ether oxygens (including phenoxy) is 1. The van der Waals surface area contributed by atoms with Crippen LogP contribution in [0, 0.1) is 5.82 Å². The molecule has 0 spiro atoms. The van der Waals surface area contributed by atoms with E-state index in [1.165, 1.54) is 6.07 Å². The zero-order valence-electron chi connectivity index (χ0n) is 11.2. The lowest BCUT2D eigenvalue weighted by atomic mass is 10.1. The maximum Gasteiger partial charge on any atom is 0.131 e. The van der Waals surface area contributed by atoms with Gasteiger partial charge >= 0.3 is 0 Å². The molecule has 0 saturated heterocycles. The Kier molecular flexibility index (Phi) is 4.85. The first kappa shape index (κ1) is 14.7. The number of hydrogen-bond acceptors (Lipinski definition) is 2. The van der Waals surface area contributed by atoms with Crippen molar-refractivity contribution in [1.82, 2.24) is 0 Å². The molecule has 2 rings (SSSR count). The summed E-state index contributed by atoms with van der Waals surface area (Å²) in [6.45, 7) is 2.07. The molecule has 0 saturated carbocycles. The van der Waals surface area contributed by atoms with Gasteiger partial charge in [0.2, 0.25) is 0 Å². The molecule has 2 nitrogen and oxygen atoms in total. The molecule has 20 heavy (non-hydrogen) atoms. The second kappa shape index (κ2) is 6.62. The van der Waals surface area contributed by atoms with E-state index in [2.05, 4.69) is 0 Å². The molecule has 0 aliphatic rings. The quantitative estimate of drug-likeness (QED) is 0.865. The largest absolute Gasteiger partial charge is 0.508 e. The summed E-state index contributed by atoms with van der Waals surface area (Å²) in [6.07, 6.45) is 1.77. The fourth-order valence-corrected chi connectivity index (χ4v) is 2.16. The maximum atomic E-state index is 13.6. The second-order valence-corrected chi connectivity index (χ2v) is 4.94. The van der Waals surface area contributed by atoms with Crippen LogP contribution in [0.1, 0.15) is 24.5 Å². The van der Waals surface area contributed by atoms with Crippen LogP contribution >= 0.6 is 11.6 Å². The zero-order chi connectivity index (χ0) is 14.5. The van der Waals surface area contributed by atoms with Crippen molar-refractivity contribution in [2.24, 2.45) is 0 Å². The highest BCUT2D eigenvalue weighted by atomic mass is 35.5. The Bertz CT molecular complexity index is 579. The van der Waals surface area contributed by atoms with Crippen molar-refractivity contribution in [1.29, 1.82) is 0 Å². The van der Waals surface area contributed by atoms with Crippen LogP contribution in [-0.2, 0) is 13.0 Å². The molecule has 0 aromatic heterocycles. The van der Waals surface area contributed by atoms with Gasteiger partial charge in [-0.1, -0.05) is 37.1 Å². The van der Waals surface area contributed by atoms with E-state index in [9.17, 15) is 9.50 Å². The van der Waals surface area contributed by atoms with E-state index in [-0.39, 0.29) is 12.4 Å². The molecule has 0 bridgehead atoms. The molecule has 0 heterocycles. The molecule has 0 atom stereocenters. The van der Waals surface area contributed by atoms with Crippen LogP contribution in [0.25, 0.3) is 0 Å². The normalized spacial score (nSPS) is 10.6.